The molecule has 0 aliphatic carbocycles. The van der Waals surface area contributed by atoms with Crippen LogP contribution >= 0.6 is 0 Å². The number of piperazine rings is 1. The monoisotopic (exact) mass is 200 g/mol. The summed E-state index contributed by atoms with van der Waals surface area (Å²) in [6.07, 6.45) is 1.29. The first-order valence-electron chi connectivity index (χ1n) is 5.67. The molecule has 1 heterocycles. The topological polar surface area (TPSA) is 24.5 Å². The van der Waals surface area contributed by atoms with Crippen LogP contribution in [0.2, 0.25) is 0 Å². The molecule has 0 bridgehead atoms. The van der Waals surface area contributed by atoms with Crippen molar-refractivity contribution in [2.75, 3.05) is 39.9 Å². The Kier molecular flexibility index (Phi) is 5.45. The molecule has 1 aliphatic rings. The van der Waals surface area contributed by atoms with Crippen LogP contribution in [-0.4, -0.2) is 50.8 Å². The maximum atomic E-state index is 5.14. The smallest absolute Gasteiger partial charge is 0.0589 e. The number of hydrogen-bond acceptors (Lipinski definition) is 3. The van der Waals surface area contributed by atoms with Gasteiger partial charge in [0, 0.05) is 39.3 Å². The quantitative estimate of drug-likeness (QED) is 0.715. The van der Waals surface area contributed by atoms with E-state index in [1.807, 2.05) is 0 Å². The fourth-order valence-corrected chi connectivity index (χ4v) is 2.08. The largest absolute Gasteiger partial charge is 0.383 e. The Balaban J connectivity index is 2.33. The van der Waals surface area contributed by atoms with Crippen molar-refractivity contribution in [3.63, 3.8) is 0 Å². The van der Waals surface area contributed by atoms with Gasteiger partial charge in [-0.15, -0.1) is 0 Å². The molecule has 3 heteroatoms. The molecule has 0 aromatic heterocycles. The Morgan fingerprint density at radius 1 is 1.50 bits per heavy atom. The Hall–Kier alpha value is -0.120. The molecule has 1 saturated heterocycles. The lowest BCUT2D eigenvalue weighted by Crippen LogP contribution is -2.52. The molecule has 0 aromatic rings. The van der Waals surface area contributed by atoms with Crippen LogP contribution in [-0.2, 0) is 4.74 Å². The average Bonchev–Trinajstić information content (AvgIpc) is 2.16. The van der Waals surface area contributed by atoms with E-state index in [0.29, 0.717) is 6.04 Å². The molecule has 0 radical (unpaired) electrons. The van der Waals surface area contributed by atoms with Gasteiger partial charge in [0.15, 0.2) is 0 Å². The standard InChI is InChI=1S/C11H24N2O/c1-10(2)8-11-9-12-4-5-13(11)6-7-14-3/h10-12H,4-9H2,1-3H3. The molecule has 0 amide bonds. The van der Waals surface area contributed by atoms with Crippen LogP contribution in [0.4, 0.5) is 0 Å². The summed E-state index contributed by atoms with van der Waals surface area (Å²) in [7, 11) is 1.78. The molecule has 1 fully saturated rings. The lowest BCUT2D eigenvalue weighted by Gasteiger charge is -2.37. The van der Waals surface area contributed by atoms with Gasteiger partial charge < -0.3 is 10.1 Å². The zero-order chi connectivity index (χ0) is 10.4. The third kappa shape index (κ3) is 3.95. The first-order valence-corrected chi connectivity index (χ1v) is 5.67. The zero-order valence-electron chi connectivity index (χ0n) is 9.75. The van der Waals surface area contributed by atoms with Gasteiger partial charge in [-0.2, -0.15) is 0 Å². The highest BCUT2D eigenvalue weighted by Crippen LogP contribution is 2.12. The van der Waals surface area contributed by atoms with Gasteiger partial charge in [0.25, 0.3) is 0 Å². The van der Waals surface area contributed by atoms with E-state index in [1.165, 1.54) is 13.0 Å². The molecule has 0 aromatic carbocycles. The predicted molar refractivity (Wildman–Crippen MR) is 59.6 cm³/mol. The molecule has 0 spiro atoms. The number of nitrogens with zero attached hydrogens (tertiary/aromatic N) is 1. The van der Waals surface area contributed by atoms with E-state index in [9.17, 15) is 0 Å². The Bertz CT molecular complexity index is 150. The molecular formula is C11H24N2O. The van der Waals surface area contributed by atoms with E-state index in [-0.39, 0.29) is 0 Å². The summed E-state index contributed by atoms with van der Waals surface area (Å²) in [4.78, 5) is 2.56. The first kappa shape index (κ1) is 12.0. The number of ether oxygens (including phenoxy) is 1. The molecule has 0 saturated carbocycles. The number of nitrogens with one attached hydrogen (secondary N) is 1. The third-order valence-electron chi connectivity index (χ3n) is 2.80. The van der Waals surface area contributed by atoms with Crippen molar-refractivity contribution in [1.29, 1.82) is 0 Å². The van der Waals surface area contributed by atoms with E-state index < -0.39 is 0 Å². The van der Waals surface area contributed by atoms with Crippen molar-refractivity contribution in [2.45, 2.75) is 26.3 Å². The lowest BCUT2D eigenvalue weighted by molar-refractivity contribution is 0.0940. The number of rotatable bonds is 5. The van der Waals surface area contributed by atoms with E-state index >= 15 is 0 Å². The van der Waals surface area contributed by atoms with Gasteiger partial charge in [-0.25, -0.2) is 0 Å². The van der Waals surface area contributed by atoms with Crippen LogP contribution in [0.25, 0.3) is 0 Å². The SMILES string of the molecule is COCCN1CCNCC1CC(C)C. The van der Waals surface area contributed by atoms with Crippen LogP contribution in [0.3, 0.4) is 0 Å². The normalized spacial score (nSPS) is 24.4. The van der Waals surface area contributed by atoms with Gasteiger partial charge in [0.2, 0.25) is 0 Å². The highest BCUT2D eigenvalue weighted by atomic mass is 16.5. The van der Waals surface area contributed by atoms with Crippen molar-refractivity contribution in [3.05, 3.63) is 0 Å². The summed E-state index contributed by atoms with van der Waals surface area (Å²) >= 11 is 0. The molecule has 1 rings (SSSR count). The molecular weight excluding hydrogens is 176 g/mol. The zero-order valence-corrected chi connectivity index (χ0v) is 9.75. The molecule has 14 heavy (non-hydrogen) atoms. The van der Waals surface area contributed by atoms with Crippen LogP contribution in [0, 0.1) is 5.92 Å². The molecule has 1 aliphatic heterocycles. The van der Waals surface area contributed by atoms with Crippen molar-refractivity contribution in [3.8, 4) is 0 Å². The summed E-state index contributed by atoms with van der Waals surface area (Å²) in [5.74, 6) is 0.782. The summed E-state index contributed by atoms with van der Waals surface area (Å²) in [5, 5.41) is 3.46. The van der Waals surface area contributed by atoms with E-state index in [1.54, 1.807) is 7.11 Å². The molecule has 1 atom stereocenters. The Morgan fingerprint density at radius 3 is 2.93 bits per heavy atom. The fourth-order valence-electron chi connectivity index (χ4n) is 2.08. The molecule has 84 valence electrons. The van der Waals surface area contributed by atoms with Crippen LogP contribution in [0.1, 0.15) is 20.3 Å². The Labute approximate surface area is 87.8 Å². The highest BCUT2D eigenvalue weighted by Gasteiger charge is 2.21. The molecule has 1 unspecified atom stereocenters. The first-order chi connectivity index (χ1) is 6.74. The summed E-state index contributed by atoms with van der Waals surface area (Å²) in [6.45, 7) is 9.96. The van der Waals surface area contributed by atoms with Gasteiger partial charge in [-0.1, -0.05) is 13.8 Å². The van der Waals surface area contributed by atoms with Gasteiger partial charge in [-0.3, -0.25) is 4.90 Å². The maximum absolute atomic E-state index is 5.14. The van der Waals surface area contributed by atoms with E-state index in [2.05, 4.69) is 24.1 Å². The highest BCUT2D eigenvalue weighted by molar-refractivity contribution is 4.80. The van der Waals surface area contributed by atoms with Crippen molar-refractivity contribution < 1.29 is 4.74 Å². The Morgan fingerprint density at radius 2 is 2.29 bits per heavy atom. The summed E-state index contributed by atoms with van der Waals surface area (Å²) < 4.78 is 5.14. The number of hydrogen-bond donors (Lipinski definition) is 1. The minimum absolute atomic E-state index is 0.707. The van der Waals surface area contributed by atoms with Crippen LogP contribution < -0.4 is 5.32 Å². The minimum Gasteiger partial charge on any atom is -0.383 e. The lowest BCUT2D eigenvalue weighted by atomic mass is 10.0. The van der Waals surface area contributed by atoms with Crippen molar-refractivity contribution in [1.82, 2.24) is 10.2 Å². The molecule has 1 N–H and O–H groups in total. The van der Waals surface area contributed by atoms with Gasteiger partial charge in [0.1, 0.15) is 0 Å². The minimum atomic E-state index is 0.707. The summed E-state index contributed by atoms with van der Waals surface area (Å²) in [5.41, 5.74) is 0. The van der Waals surface area contributed by atoms with Crippen LogP contribution in [0.5, 0.6) is 0 Å². The van der Waals surface area contributed by atoms with Crippen LogP contribution in [0.15, 0.2) is 0 Å². The van der Waals surface area contributed by atoms with Crippen molar-refractivity contribution >= 4 is 0 Å². The second-order valence-electron chi connectivity index (χ2n) is 4.52. The second-order valence-corrected chi connectivity index (χ2v) is 4.52. The second kappa shape index (κ2) is 6.38. The predicted octanol–water partition coefficient (Wildman–Crippen LogP) is 0.953. The maximum Gasteiger partial charge on any atom is 0.0589 e. The van der Waals surface area contributed by atoms with E-state index in [0.717, 1.165) is 32.2 Å². The fraction of sp³-hybridized carbons (Fsp3) is 1.00. The number of methoxy groups -OCH3 is 1. The van der Waals surface area contributed by atoms with Gasteiger partial charge in [-0.05, 0) is 12.3 Å². The van der Waals surface area contributed by atoms with Gasteiger partial charge >= 0.3 is 0 Å². The third-order valence-corrected chi connectivity index (χ3v) is 2.80. The van der Waals surface area contributed by atoms with Crippen molar-refractivity contribution in [2.24, 2.45) is 5.92 Å². The van der Waals surface area contributed by atoms with E-state index in [4.69, 9.17) is 4.74 Å². The average molecular weight is 200 g/mol. The molecule has 3 nitrogen and oxygen atoms in total. The van der Waals surface area contributed by atoms with Gasteiger partial charge in [0.05, 0.1) is 6.61 Å². The summed E-state index contributed by atoms with van der Waals surface area (Å²) in [6, 6.07) is 0.707.